The Bertz CT molecular complexity index is 427. The lowest BCUT2D eigenvalue weighted by Gasteiger charge is -2.19. The van der Waals surface area contributed by atoms with E-state index in [0.29, 0.717) is 13.1 Å². The van der Waals surface area contributed by atoms with Gasteiger partial charge in [0.15, 0.2) is 0 Å². The summed E-state index contributed by atoms with van der Waals surface area (Å²) in [6, 6.07) is 7.92. The van der Waals surface area contributed by atoms with Crippen molar-refractivity contribution in [1.82, 2.24) is 5.32 Å². The van der Waals surface area contributed by atoms with Gasteiger partial charge in [0.1, 0.15) is 5.60 Å². The second-order valence-corrected chi connectivity index (χ2v) is 5.62. The molecule has 1 aromatic rings. The van der Waals surface area contributed by atoms with Crippen LogP contribution in [-0.4, -0.2) is 24.8 Å². The smallest absolute Gasteiger partial charge is 0.407 e. The number of hydrogen-bond donors (Lipinski definition) is 3. The van der Waals surface area contributed by atoms with Crippen molar-refractivity contribution in [2.24, 2.45) is 5.73 Å². The summed E-state index contributed by atoms with van der Waals surface area (Å²) in [5, 5.41) is 6.03. The molecule has 1 aromatic carbocycles. The first-order chi connectivity index (χ1) is 9.40. The van der Waals surface area contributed by atoms with E-state index in [0.717, 1.165) is 24.2 Å². The molecular weight excluding hydrogens is 254 g/mol. The van der Waals surface area contributed by atoms with Crippen molar-refractivity contribution in [2.75, 3.05) is 18.4 Å². The molecule has 1 amide bonds. The van der Waals surface area contributed by atoms with E-state index < -0.39 is 11.7 Å². The van der Waals surface area contributed by atoms with Gasteiger partial charge in [-0.25, -0.2) is 4.79 Å². The molecule has 0 aliphatic rings. The van der Waals surface area contributed by atoms with Crippen molar-refractivity contribution in [3.8, 4) is 0 Å². The lowest BCUT2D eigenvalue weighted by atomic mass is 10.2. The number of hydrogen-bond acceptors (Lipinski definition) is 4. The summed E-state index contributed by atoms with van der Waals surface area (Å²) < 4.78 is 5.19. The molecule has 0 aliphatic heterocycles. The molecule has 112 valence electrons. The van der Waals surface area contributed by atoms with E-state index in [-0.39, 0.29) is 0 Å². The maximum Gasteiger partial charge on any atom is 0.407 e. The van der Waals surface area contributed by atoms with Crippen molar-refractivity contribution >= 4 is 11.8 Å². The van der Waals surface area contributed by atoms with Gasteiger partial charge >= 0.3 is 6.09 Å². The van der Waals surface area contributed by atoms with E-state index in [2.05, 4.69) is 10.6 Å². The van der Waals surface area contributed by atoms with Crippen LogP contribution in [0.5, 0.6) is 0 Å². The number of amides is 1. The van der Waals surface area contributed by atoms with Gasteiger partial charge in [0.25, 0.3) is 0 Å². The summed E-state index contributed by atoms with van der Waals surface area (Å²) in [7, 11) is 0. The van der Waals surface area contributed by atoms with Gasteiger partial charge in [-0.3, -0.25) is 0 Å². The number of rotatable bonds is 6. The molecule has 5 heteroatoms. The Morgan fingerprint density at radius 2 is 2.10 bits per heavy atom. The van der Waals surface area contributed by atoms with Crippen molar-refractivity contribution in [3.05, 3.63) is 29.8 Å². The predicted molar refractivity (Wildman–Crippen MR) is 81.7 cm³/mol. The standard InChI is InChI=1S/C15H25N3O2/c1-15(2,3)20-14(19)18-11-12-6-4-7-13(10-12)17-9-5-8-16/h4,6-7,10,17H,5,8-9,11,16H2,1-3H3,(H,18,19). The normalized spacial score (nSPS) is 11.0. The van der Waals surface area contributed by atoms with Gasteiger partial charge in [-0.15, -0.1) is 0 Å². The van der Waals surface area contributed by atoms with Crippen molar-refractivity contribution in [2.45, 2.75) is 39.3 Å². The maximum absolute atomic E-state index is 11.6. The zero-order valence-electron chi connectivity index (χ0n) is 12.5. The second kappa shape index (κ2) is 7.75. The van der Waals surface area contributed by atoms with Gasteiger partial charge in [-0.05, 0) is 51.4 Å². The molecular formula is C15H25N3O2. The number of benzene rings is 1. The van der Waals surface area contributed by atoms with Crippen LogP contribution in [0.25, 0.3) is 0 Å². The first kappa shape index (κ1) is 16.3. The number of carbonyl (C=O) groups excluding carboxylic acids is 1. The van der Waals surface area contributed by atoms with Crippen LogP contribution in [0.4, 0.5) is 10.5 Å². The average molecular weight is 279 g/mol. The lowest BCUT2D eigenvalue weighted by Crippen LogP contribution is -2.32. The summed E-state index contributed by atoms with van der Waals surface area (Å²) in [6.07, 6.45) is 0.527. The molecule has 0 unspecified atom stereocenters. The summed E-state index contributed by atoms with van der Waals surface area (Å²) in [5.74, 6) is 0. The predicted octanol–water partition coefficient (Wildman–Crippen LogP) is 2.47. The molecule has 0 fully saturated rings. The molecule has 0 radical (unpaired) electrons. The van der Waals surface area contributed by atoms with Crippen LogP contribution in [0.15, 0.2) is 24.3 Å². The maximum atomic E-state index is 11.6. The fourth-order valence-electron chi connectivity index (χ4n) is 1.61. The summed E-state index contributed by atoms with van der Waals surface area (Å²) >= 11 is 0. The Kier molecular flexibility index (Phi) is 6.31. The minimum absolute atomic E-state index is 0.404. The highest BCUT2D eigenvalue weighted by molar-refractivity contribution is 5.67. The first-order valence-corrected chi connectivity index (χ1v) is 6.90. The van der Waals surface area contributed by atoms with Crippen LogP contribution in [-0.2, 0) is 11.3 Å². The molecule has 0 atom stereocenters. The first-order valence-electron chi connectivity index (χ1n) is 6.90. The third-order valence-corrected chi connectivity index (χ3v) is 2.47. The Hall–Kier alpha value is -1.75. The summed E-state index contributed by atoms with van der Waals surface area (Å²) in [4.78, 5) is 11.6. The van der Waals surface area contributed by atoms with Crippen LogP contribution in [0.3, 0.4) is 0 Å². The number of carbonyl (C=O) groups is 1. The second-order valence-electron chi connectivity index (χ2n) is 5.62. The van der Waals surface area contributed by atoms with Crippen LogP contribution >= 0.6 is 0 Å². The largest absolute Gasteiger partial charge is 0.444 e. The molecule has 0 saturated carbocycles. The number of alkyl carbamates (subject to hydrolysis) is 1. The summed E-state index contributed by atoms with van der Waals surface area (Å²) in [6.45, 7) is 7.49. The molecule has 5 nitrogen and oxygen atoms in total. The van der Waals surface area contributed by atoms with Crippen LogP contribution in [0.1, 0.15) is 32.8 Å². The molecule has 0 spiro atoms. The monoisotopic (exact) mass is 279 g/mol. The number of anilines is 1. The molecule has 0 heterocycles. The van der Waals surface area contributed by atoms with E-state index in [9.17, 15) is 4.79 Å². The SMILES string of the molecule is CC(C)(C)OC(=O)NCc1cccc(NCCCN)c1. The molecule has 0 bridgehead atoms. The zero-order valence-corrected chi connectivity index (χ0v) is 12.5. The van der Waals surface area contributed by atoms with Gasteiger partial charge in [-0.1, -0.05) is 12.1 Å². The van der Waals surface area contributed by atoms with Gasteiger partial charge < -0.3 is 21.1 Å². The van der Waals surface area contributed by atoms with E-state index >= 15 is 0 Å². The minimum atomic E-state index is -0.476. The Labute approximate surface area is 120 Å². The van der Waals surface area contributed by atoms with Gasteiger partial charge in [-0.2, -0.15) is 0 Å². The fourth-order valence-corrected chi connectivity index (χ4v) is 1.61. The van der Waals surface area contributed by atoms with Crippen LogP contribution in [0.2, 0.25) is 0 Å². The van der Waals surface area contributed by atoms with Gasteiger partial charge in [0, 0.05) is 18.8 Å². The fraction of sp³-hybridized carbons (Fsp3) is 0.533. The highest BCUT2D eigenvalue weighted by atomic mass is 16.6. The third-order valence-electron chi connectivity index (χ3n) is 2.47. The molecule has 0 aliphatic carbocycles. The molecule has 4 N–H and O–H groups in total. The Morgan fingerprint density at radius 1 is 1.35 bits per heavy atom. The third kappa shape index (κ3) is 6.99. The molecule has 0 aromatic heterocycles. The van der Waals surface area contributed by atoms with Crippen molar-refractivity contribution in [1.29, 1.82) is 0 Å². The zero-order chi connectivity index (χ0) is 15.0. The molecule has 0 saturated heterocycles. The van der Waals surface area contributed by atoms with E-state index in [1.807, 2.05) is 45.0 Å². The number of ether oxygens (including phenoxy) is 1. The van der Waals surface area contributed by atoms with Crippen molar-refractivity contribution < 1.29 is 9.53 Å². The lowest BCUT2D eigenvalue weighted by molar-refractivity contribution is 0.0523. The molecule has 20 heavy (non-hydrogen) atoms. The number of nitrogens with one attached hydrogen (secondary N) is 2. The Balaban J connectivity index is 2.44. The number of nitrogens with two attached hydrogens (primary N) is 1. The van der Waals surface area contributed by atoms with Crippen molar-refractivity contribution in [3.63, 3.8) is 0 Å². The van der Waals surface area contributed by atoms with Crippen LogP contribution < -0.4 is 16.4 Å². The Morgan fingerprint density at radius 3 is 2.75 bits per heavy atom. The highest BCUT2D eigenvalue weighted by Crippen LogP contribution is 2.11. The van der Waals surface area contributed by atoms with Crippen LogP contribution in [0, 0.1) is 0 Å². The quantitative estimate of drug-likeness (QED) is 0.699. The topological polar surface area (TPSA) is 76.4 Å². The summed E-state index contributed by atoms with van der Waals surface area (Å²) in [5.41, 5.74) is 7.03. The van der Waals surface area contributed by atoms with Gasteiger partial charge in [0.05, 0.1) is 0 Å². The van der Waals surface area contributed by atoms with E-state index in [1.54, 1.807) is 0 Å². The van der Waals surface area contributed by atoms with E-state index in [4.69, 9.17) is 10.5 Å². The highest BCUT2D eigenvalue weighted by Gasteiger charge is 2.15. The van der Waals surface area contributed by atoms with Gasteiger partial charge in [0.2, 0.25) is 0 Å². The minimum Gasteiger partial charge on any atom is -0.444 e. The van der Waals surface area contributed by atoms with E-state index in [1.165, 1.54) is 0 Å². The molecule has 1 rings (SSSR count). The average Bonchev–Trinajstić information content (AvgIpc) is 2.35.